The quantitative estimate of drug-likeness (QED) is 0.564. The number of rotatable bonds is 3. The average Bonchev–Trinajstić information content (AvgIpc) is 1.85. The third-order valence-corrected chi connectivity index (χ3v) is 1.05. The molecule has 0 N–H and O–H groups in total. The van der Waals surface area contributed by atoms with E-state index in [1.165, 1.54) is 14.0 Å². The number of methoxy groups -OCH3 is 1. The minimum absolute atomic E-state index is 0.107. The van der Waals surface area contributed by atoms with E-state index in [0.29, 0.717) is 0 Å². The van der Waals surface area contributed by atoms with Crippen molar-refractivity contribution in [2.24, 2.45) is 0 Å². The summed E-state index contributed by atoms with van der Waals surface area (Å²) in [5, 5.41) is 0. The van der Waals surface area contributed by atoms with Gasteiger partial charge in [-0.25, -0.2) is 0 Å². The summed E-state index contributed by atoms with van der Waals surface area (Å²) in [6, 6.07) is 0. The van der Waals surface area contributed by atoms with Gasteiger partial charge in [0, 0.05) is 6.92 Å². The van der Waals surface area contributed by atoms with Crippen LogP contribution in [0.25, 0.3) is 0 Å². The lowest BCUT2D eigenvalue weighted by Gasteiger charge is -2.09. The van der Waals surface area contributed by atoms with Gasteiger partial charge in [-0.05, 0) is 6.92 Å². The third-order valence-electron chi connectivity index (χ3n) is 1.05. The summed E-state index contributed by atoms with van der Waals surface area (Å²) >= 11 is 0. The highest BCUT2D eigenvalue weighted by molar-refractivity contribution is 5.71. The van der Waals surface area contributed by atoms with E-state index in [0.717, 1.165) is 0 Å². The Morgan fingerprint density at radius 1 is 1.45 bits per heavy atom. The molecule has 0 amide bonds. The number of carbonyl (C=O) groups is 2. The Balaban J connectivity index is 3.60. The molecule has 0 aromatic carbocycles. The number of hydrogen-bond donors (Lipinski definition) is 0. The molecule has 0 aliphatic rings. The third kappa shape index (κ3) is 5.39. The monoisotopic (exact) mass is 160 g/mol. The molecule has 0 aliphatic carbocycles. The predicted octanol–water partition coefficient (Wildman–Crippen LogP) is 0.501. The molecule has 0 bridgehead atoms. The van der Waals surface area contributed by atoms with E-state index < -0.39 is 6.10 Å². The van der Waals surface area contributed by atoms with Crippen molar-refractivity contribution in [2.75, 3.05) is 7.11 Å². The zero-order valence-corrected chi connectivity index (χ0v) is 6.92. The molecule has 4 heteroatoms. The Hall–Kier alpha value is -1.06. The molecule has 11 heavy (non-hydrogen) atoms. The zero-order chi connectivity index (χ0) is 8.85. The van der Waals surface area contributed by atoms with E-state index in [1.807, 2.05) is 0 Å². The van der Waals surface area contributed by atoms with Crippen molar-refractivity contribution < 1.29 is 19.1 Å². The molecule has 4 nitrogen and oxygen atoms in total. The number of ether oxygens (including phenoxy) is 2. The van der Waals surface area contributed by atoms with Crippen molar-refractivity contribution in [1.82, 2.24) is 0 Å². The molecule has 0 radical (unpaired) electrons. The molecule has 0 saturated carbocycles. The van der Waals surface area contributed by atoms with Crippen LogP contribution in [0.2, 0.25) is 0 Å². The fraction of sp³-hybridized carbons (Fsp3) is 0.714. The van der Waals surface area contributed by atoms with Crippen molar-refractivity contribution in [3.63, 3.8) is 0 Å². The van der Waals surface area contributed by atoms with E-state index in [-0.39, 0.29) is 18.4 Å². The fourth-order valence-electron chi connectivity index (χ4n) is 0.643. The molecule has 0 aliphatic heterocycles. The number of esters is 2. The number of hydrogen-bond acceptors (Lipinski definition) is 4. The lowest BCUT2D eigenvalue weighted by Crippen LogP contribution is -2.17. The Morgan fingerprint density at radius 3 is 2.36 bits per heavy atom. The van der Waals surface area contributed by atoms with E-state index in [4.69, 9.17) is 0 Å². The highest BCUT2D eigenvalue weighted by Gasteiger charge is 2.10. The van der Waals surface area contributed by atoms with Crippen LogP contribution in [0.1, 0.15) is 20.3 Å². The first-order valence-corrected chi connectivity index (χ1v) is 3.30. The molecule has 1 atom stereocenters. The number of carbonyl (C=O) groups excluding carboxylic acids is 2. The van der Waals surface area contributed by atoms with Gasteiger partial charge in [-0.15, -0.1) is 0 Å². The smallest absolute Gasteiger partial charge is 0.309 e. The molecule has 0 fully saturated rings. The second-order valence-corrected chi connectivity index (χ2v) is 2.20. The fourth-order valence-corrected chi connectivity index (χ4v) is 0.643. The molecule has 0 rings (SSSR count). The van der Waals surface area contributed by atoms with E-state index in [9.17, 15) is 9.59 Å². The Kier molecular flexibility index (Phi) is 4.26. The first-order valence-electron chi connectivity index (χ1n) is 3.30. The Morgan fingerprint density at radius 2 is 2.00 bits per heavy atom. The van der Waals surface area contributed by atoms with Crippen LogP contribution < -0.4 is 0 Å². The van der Waals surface area contributed by atoms with Gasteiger partial charge in [0.25, 0.3) is 0 Å². The van der Waals surface area contributed by atoms with Gasteiger partial charge in [0.2, 0.25) is 0 Å². The Bertz CT molecular complexity index is 153. The lowest BCUT2D eigenvalue weighted by molar-refractivity contribution is -0.151. The minimum atomic E-state index is -0.403. The largest absolute Gasteiger partial charge is 0.469 e. The van der Waals surface area contributed by atoms with Gasteiger partial charge in [0.05, 0.1) is 13.5 Å². The summed E-state index contributed by atoms with van der Waals surface area (Å²) in [4.78, 5) is 20.9. The van der Waals surface area contributed by atoms with Crippen LogP contribution in [0, 0.1) is 0 Å². The topological polar surface area (TPSA) is 52.6 Å². The highest BCUT2D eigenvalue weighted by atomic mass is 16.6. The summed E-state index contributed by atoms with van der Waals surface area (Å²) in [5.41, 5.74) is 0. The maximum atomic E-state index is 10.6. The maximum Gasteiger partial charge on any atom is 0.309 e. The van der Waals surface area contributed by atoms with Crippen LogP contribution in [-0.4, -0.2) is 25.2 Å². The van der Waals surface area contributed by atoms with Gasteiger partial charge in [0.15, 0.2) is 0 Å². The summed E-state index contributed by atoms with van der Waals surface area (Å²) in [5.74, 6) is -0.764. The van der Waals surface area contributed by atoms with Crippen molar-refractivity contribution in [2.45, 2.75) is 26.4 Å². The van der Waals surface area contributed by atoms with Crippen molar-refractivity contribution in [3.8, 4) is 0 Å². The zero-order valence-electron chi connectivity index (χ0n) is 6.92. The van der Waals surface area contributed by atoms with E-state index >= 15 is 0 Å². The maximum absolute atomic E-state index is 10.6. The average molecular weight is 160 g/mol. The van der Waals surface area contributed by atoms with E-state index in [1.54, 1.807) is 6.92 Å². The molecular formula is C7H12O4. The Labute approximate surface area is 65.5 Å². The first kappa shape index (κ1) is 9.94. The van der Waals surface area contributed by atoms with Crippen molar-refractivity contribution in [3.05, 3.63) is 0 Å². The van der Waals surface area contributed by atoms with Gasteiger partial charge in [0.1, 0.15) is 6.10 Å². The van der Waals surface area contributed by atoms with Crippen LogP contribution in [0.15, 0.2) is 0 Å². The molecule has 0 spiro atoms. The van der Waals surface area contributed by atoms with Gasteiger partial charge < -0.3 is 9.47 Å². The molecule has 0 unspecified atom stereocenters. The van der Waals surface area contributed by atoms with Crippen LogP contribution in [0.5, 0.6) is 0 Å². The molecule has 0 saturated heterocycles. The predicted molar refractivity (Wildman–Crippen MR) is 37.9 cm³/mol. The highest BCUT2D eigenvalue weighted by Crippen LogP contribution is 1.98. The SMILES string of the molecule is COC(=O)C[C@@H](C)OC(C)=O. The minimum Gasteiger partial charge on any atom is -0.469 e. The molecule has 0 aromatic heterocycles. The van der Waals surface area contributed by atoms with Crippen LogP contribution in [0.4, 0.5) is 0 Å². The van der Waals surface area contributed by atoms with Crippen molar-refractivity contribution >= 4 is 11.9 Å². The van der Waals surface area contributed by atoms with Gasteiger partial charge in [-0.3, -0.25) is 9.59 Å². The second kappa shape index (κ2) is 4.71. The van der Waals surface area contributed by atoms with Gasteiger partial charge in [-0.2, -0.15) is 0 Å². The van der Waals surface area contributed by atoms with Crippen LogP contribution in [0.3, 0.4) is 0 Å². The molecule has 0 heterocycles. The molecule has 0 aromatic rings. The standard InChI is InChI=1S/C7H12O4/c1-5(11-6(2)8)4-7(9)10-3/h5H,4H2,1-3H3/t5-/m1/s1. The van der Waals surface area contributed by atoms with E-state index in [2.05, 4.69) is 9.47 Å². The van der Waals surface area contributed by atoms with Gasteiger partial charge in [-0.1, -0.05) is 0 Å². The molecular weight excluding hydrogens is 148 g/mol. The van der Waals surface area contributed by atoms with Crippen molar-refractivity contribution in [1.29, 1.82) is 0 Å². The summed E-state index contributed by atoms with van der Waals surface area (Å²) in [6.45, 7) is 2.94. The summed E-state index contributed by atoms with van der Waals surface area (Å²) < 4.78 is 9.06. The summed E-state index contributed by atoms with van der Waals surface area (Å²) in [7, 11) is 1.29. The van der Waals surface area contributed by atoms with Crippen LogP contribution in [-0.2, 0) is 19.1 Å². The van der Waals surface area contributed by atoms with Gasteiger partial charge >= 0.3 is 11.9 Å². The summed E-state index contributed by atoms with van der Waals surface area (Å²) in [6.07, 6.45) is -0.296. The van der Waals surface area contributed by atoms with Crippen LogP contribution >= 0.6 is 0 Å². The first-order chi connectivity index (χ1) is 5.06. The molecule has 64 valence electrons. The lowest BCUT2D eigenvalue weighted by atomic mass is 10.3. The second-order valence-electron chi connectivity index (χ2n) is 2.20. The normalized spacial score (nSPS) is 11.9.